The molecule has 0 radical (unpaired) electrons. The zero-order valence-electron chi connectivity index (χ0n) is 15.4. The van der Waals surface area contributed by atoms with Crippen LogP contribution in [0.25, 0.3) is 17.0 Å². The van der Waals surface area contributed by atoms with Gasteiger partial charge in [0.1, 0.15) is 6.61 Å². The molecule has 0 bridgehead atoms. The molecule has 0 amide bonds. The second-order valence-electron chi connectivity index (χ2n) is 6.42. The van der Waals surface area contributed by atoms with Gasteiger partial charge in [0, 0.05) is 36.3 Å². The van der Waals surface area contributed by atoms with Crippen LogP contribution in [0.2, 0.25) is 5.02 Å². The Labute approximate surface area is 162 Å². The van der Waals surface area contributed by atoms with Gasteiger partial charge in [-0.3, -0.25) is 14.0 Å². The predicted molar refractivity (Wildman–Crippen MR) is 105 cm³/mol. The number of imidazole rings is 1. The zero-order chi connectivity index (χ0) is 19.4. The molecular weight excluding hydrogens is 366 g/mol. The molecule has 0 saturated heterocycles. The number of hydrogen-bond donors (Lipinski definition) is 0. The van der Waals surface area contributed by atoms with Crippen LogP contribution in [0.15, 0.2) is 41.3 Å². The predicted octanol–water partition coefficient (Wildman–Crippen LogP) is 4.07. The first-order valence-corrected chi connectivity index (χ1v) is 9.38. The lowest BCUT2D eigenvalue weighted by molar-refractivity contribution is -0.142. The number of ether oxygens (including phenoxy) is 1. The van der Waals surface area contributed by atoms with E-state index in [4.69, 9.17) is 21.3 Å². The van der Waals surface area contributed by atoms with Crippen molar-refractivity contribution in [2.24, 2.45) is 0 Å². The third-order valence-electron chi connectivity index (χ3n) is 4.35. The summed E-state index contributed by atoms with van der Waals surface area (Å²) in [7, 11) is 0. The summed E-state index contributed by atoms with van der Waals surface area (Å²) in [5.41, 5.74) is 1.98. The number of hydrogen-bond acceptors (Lipinski definition) is 4. The maximum Gasteiger partial charge on any atom is 0.303 e. The maximum absolute atomic E-state index is 12.6. The standard InChI is InChI=1S/C20H22ClN3O3/c1-3-4-5-10-23-17(13-27-14(2)25)12-24-19(26)11-18(22-20(23)24)15-6-8-16(21)9-7-15/h6-9,11-12H,3-5,10,13H2,1-2H3. The fourth-order valence-electron chi connectivity index (χ4n) is 2.96. The van der Waals surface area contributed by atoms with Gasteiger partial charge in [-0.15, -0.1) is 0 Å². The van der Waals surface area contributed by atoms with Gasteiger partial charge in [0.15, 0.2) is 0 Å². The molecule has 0 spiro atoms. The number of rotatable bonds is 7. The quantitative estimate of drug-likeness (QED) is 0.452. The normalized spacial score (nSPS) is 11.1. The van der Waals surface area contributed by atoms with E-state index < -0.39 is 0 Å². The Morgan fingerprint density at radius 3 is 2.63 bits per heavy atom. The fourth-order valence-corrected chi connectivity index (χ4v) is 3.09. The third-order valence-corrected chi connectivity index (χ3v) is 4.60. The summed E-state index contributed by atoms with van der Waals surface area (Å²) in [5.74, 6) is 0.188. The number of carbonyl (C=O) groups is 1. The van der Waals surface area contributed by atoms with E-state index in [-0.39, 0.29) is 18.1 Å². The monoisotopic (exact) mass is 387 g/mol. The van der Waals surface area contributed by atoms with Crippen molar-refractivity contribution in [2.75, 3.05) is 0 Å². The topological polar surface area (TPSA) is 65.6 Å². The first-order valence-electron chi connectivity index (χ1n) is 9.00. The van der Waals surface area contributed by atoms with Crippen LogP contribution in [-0.2, 0) is 22.7 Å². The van der Waals surface area contributed by atoms with E-state index in [1.807, 2.05) is 16.7 Å². The Kier molecular flexibility index (Phi) is 5.96. The van der Waals surface area contributed by atoms with Gasteiger partial charge in [0.25, 0.3) is 5.56 Å². The van der Waals surface area contributed by atoms with Gasteiger partial charge in [-0.2, -0.15) is 0 Å². The summed E-state index contributed by atoms with van der Waals surface area (Å²) in [6.45, 7) is 4.32. The number of carbonyl (C=O) groups excluding carboxylic acids is 1. The second-order valence-corrected chi connectivity index (χ2v) is 6.85. The number of fused-ring (bicyclic) bond motifs is 1. The van der Waals surface area contributed by atoms with Gasteiger partial charge >= 0.3 is 5.97 Å². The van der Waals surface area contributed by atoms with Gasteiger partial charge in [-0.1, -0.05) is 43.5 Å². The Hall–Kier alpha value is -2.60. The Morgan fingerprint density at radius 2 is 1.96 bits per heavy atom. The van der Waals surface area contributed by atoms with E-state index in [0.29, 0.717) is 23.0 Å². The average Bonchev–Trinajstić information content (AvgIpc) is 2.99. The molecule has 2 aromatic heterocycles. The minimum atomic E-state index is -0.359. The number of aryl methyl sites for hydroxylation is 1. The largest absolute Gasteiger partial charge is 0.459 e. The highest BCUT2D eigenvalue weighted by Crippen LogP contribution is 2.20. The molecule has 0 saturated carbocycles. The van der Waals surface area contributed by atoms with Gasteiger partial charge in [0.05, 0.1) is 11.4 Å². The molecule has 1 aromatic carbocycles. The Morgan fingerprint density at radius 1 is 1.22 bits per heavy atom. The fraction of sp³-hybridized carbons (Fsp3) is 0.350. The van der Waals surface area contributed by atoms with Crippen LogP contribution >= 0.6 is 11.6 Å². The van der Waals surface area contributed by atoms with E-state index in [9.17, 15) is 9.59 Å². The molecule has 0 atom stereocenters. The summed E-state index contributed by atoms with van der Waals surface area (Å²) in [6, 6.07) is 8.72. The highest BCUT2D eigenvalue weighted by molar-refractivity contribution is 6.30. The summed E-state index contributed by atoms with van der Waals surface area (Å²) >= 11 is 5.95. The Balaban J connectivity index is 2.09. The number of unbranched alkanes of at least 4 members (excludes halogenated alkanes) is 2. The molecule has 142 valence electrons. The van der Waals surface area contributed by atoms with Crippen molar-refractivity contribution in [3.05, 3.63) is 57.6 Å². The number of nitrogens with zero attached hydrogens (tertiary/aromatic N) is 3. The van der Waals surface area contributed by atoms with Gasteiger partial charge in [-0.05, 0) is 18.6 Å². The molecule has 2 heterocycles. The van der Waals surface area contributed by atoms with Gasteiger partial charge < -0.3 is 9.30 Å². The van der Waals surface area contributed by atoms with Crippen LogP contribution in [0.5, 0.6) is 0 Å². The van der Waals surface area contributed by atoms with Crippen LogP contribution in [0.3, 0.4) is 0 Å². The highest BCUT2D eigenvalue weighted by atomic mass is 35.5. The number of aromatic nitrogens is 3. The molecule has 3 aromatic rings. The van der Waals surface area contributed by atoms with Crippen LogP contribution in [0.1, 0.15) is 38.8 Å². The number of benzene rings is 1. The second kappa shape index (κ2) is 8.39. The molecule has 6 nitrogen and oxygen atoms in total. The first kappa shape index (κ1) is 19.2. The molecule has 0 aliphatic rings. The Bertz CT molecular complexity index is 1010. The van der Waals surface area contributed by atoms with Crippen molar-refractivity contribution in [3.63, 3.8) is 0 Å². The van der Waals surface area contributed by atoms with Crippen LogP contribution < -0.4 is 5.56 Å². The van der Waals surface area contributed by atoms with Crippen LogP contribution in [0.4, 0.5) is 0 Å². The van der Waals surface area contributed by atoms with Crippen molar-refractivity contribution in [2.45, 2.75) is 46.3 Å². The summed E-state index contributed by atoms with van der Waals surface area (Å²) < 4.78 is 8.62. The third kappa shape index (κ3) is 4.39. The highest BCUT2D eigenvalue weighted by Gasteiger charge is 2.14. The van der Waals surface area contributed by atoms with Crippen molar-refractivity contribution in [1.29, 1.82) is 0 Å². The van der Waals surface area contributed by atoms with Crippen molar-refractivity contribution in [1.82, 2.24) is 14.0 Å². The lowest BCUT2D eigenvalue weighted by atomic mass is 10.1. The zero-order valence-corrected chi connectivity index (χ0v) is 16.2. The SMILES string of the molecule is CCCCCn1c(COC(C)=O)cn2c(=O)cc(-c3ccc(Cl)cc3)nc12. The van der Waals surface area contributed by atoms with E-state index in [0.717, 1.165) is 30.5 Å². The van der Waals surface area contributed by atoms with E-state index in [2.05, 4.69) is 6.92 Å². The van der Waals surface area contributed by atoms with E-state index >= 15 is 0 Å². The molecule has 0 N–H and O–H groups in total. The lowest BCUT2D eigenvalue weighted by Gasteiger charge is -2.09. The molecule has 27 heavy (non-hydrogen) atoms. The molecule has 7 heteroatoms. The summed E-state index contributed by atoms with van der Waals surface area (Å²) in [6.07, 6.45) is 4.81. The van der Waals surface area contributed by atoms with Crippen molar-refractivity contribution >= 4 is 23.3 Å². The summed E-state index contributed by atoms with van der Waals surface area (Å²) in [4.78, 5) is 28.6. The lowest BCUT2D eigenvalue weighted by Crippen LogP contribution is -2.14. The molecule has 3 rings (SSSR count). The number of halogens is 1. The summed E-state index contributed by atoms with van der Waals surface area (Å²) in [5, 5.41) is 0.628. The van der Waals surface area contributed by atoms with Crippen molar-refractivity contribution < 1.29 is 9.53 Å². The van der Waals surface area contributed by atoms with Gasteiger partial charge in [0.2, 0.25) is 5.78 Å². The molecular formula is C20H22ClN3O3. The van der Waals surface area contributed by atoms with Gasteiger partial charge in [-0.25, -0.2) is 4.98 Å². The maximum atomic E-state index is 12.6. The van der Waals surface area contributed by atoms with Crippen molar-refractivity contribution in [3.8, 4) is 11.3 Å². The smallest absolute Gasteiger partial charge is 0.303 e. The number of esters is 1. The minimum absolute atomic E-state index is 0.112. The molecule has 0 unspecified atom stereocenters. The molecule has 0 aliphatic carbocycles. The van der Waals surface area contributed by atoms with E-state index in [1.54, 1.807) is 18.3 Å². The molecule has 0 aliphatic heterocycles. The minimum Gasteiger partial charge on any atom is -0.459 e. The van der Waals surface area contributed by atoms with Crippen LogP contribution in [0, 0.1) is 0 Å². The average molecular weight is 388 g/mol. The first-order chi connectivity index (χ1) is 13.0. The van der Waals surface area contributed by atoms with Crippen LogP contribution in [-0.4, -0.2) is 19.9 Å². The molecule has 0 fully saturated rings. The van der Waals surface area contributed by atoms with E-state index in [1.165, 1.54) is 17.4 Å².